The zero-order valence-electron chi connectivity index (χ0n) is 21.1. The molecule has 2 heterocycles. The van der Waals surface area contributed by atoms with Crippen molar-refractivity contribution >= 4 is 51.7 Å². The minimum Gasteiger partial charge on any atom is -0.494 e. The molecule has 38 heavy (non-hydrogen) atoms. The van der Waals surface area contributed by atoms with Crippen molar-refractivity contribution in [2.45, 2.75) is 38.0 Å². The van der Waals surface area contributed by atoms with Crippen LogP contribution in [0.25, 0.3) is 0 Å². The predicted molar refractivity (Wildman–Crippen MR) is 153 cm³/mol. The number of rotatable bonds is 7. The molecule has 194 valence electrons. The Morgan fingerprint density at radius 2 is 1.89 bits per heavy atom. The number of thioether (sulfide) groups is 1. The van der Waals surface area contributed by atoms with E-state index >= 15 is 0 Å². The molecule has 2 amide bonds. The number of hydrogen-bond acceptors (Lipinski definition) is 6. The summed E-state index contributed by atoms with van der Waals surface area (Å²) < 4.78 is 5.44. The Hall–Kier alpha value is -3.62. The molecular weight excluding hydrogens is 520 g/mol. The van der Waals surface area contributed by atoms with Gasteiger partial charge in [0, 0.05) is 23.6 Å². The Bertz CT molecular complexity index is 1410. The van der Waals surface area contributed by atoms with Gasteiger partial charge in [-0.15, -0.1) is 0 Å². The van der Waals surface area contributed by atoms with Gasteiger partial charge in [0.2, 0.25) is 5.91 Å². The van der Waals surface area contributed by atoms with Crippen LogP contribution in [0.4, 0.5) is 5.69 Å². The molecule has 0 fully saturated rings. The molecule has 2 aliphatic rings. The SMILES string of the molecule is CCOc1ccc(NC(=O)C[C@H]2SC(N3N=C(c4ccc(Cl)cc4)C[C@@H]3c3cccc(C)c3)=NC2=O)cc1. The van der Waals surface area contributed by atoms with Crippen molar-refractivity contribution in [3.63, 3.8) is 0 Å². The zero-order valence-corrected chi connectivity index (χ0v) is 22.6. The molecule has 0 spiro atoms. The molecule has 2 aliphatic heterocycles. The first-order valence-corrected chi connectivity index (χ1v) is 13.7. The molecule has 5 rings (SSSR count). The first-order chi connectivity index (χ1) is 18.4. The summed E-state index contributed by atoms with van der Waals surface area (Å²) in [6.07, 6.45) is 0.669. The number of carbonyl (C=O) groups is 2. The van der Waals surface area contributed by atoms with Crippen molar-refractivity contribution in [3.8, 4) is 5.75 Å². The number of nitrogens with one attached hydrogen (secondary N) is 1. The molecule has 0 unspecified atom stereocenters. The van der Waals surface area contributed by atoms with Gasteiger partial charge in [0.05, 0.1) is 18.4 Å². The van der Waals surface area contributed by atoms with E-state index in [4.69, 9.17) is 21.4 Å². The molecule has 0 aliphatic carbocycles. The third-order valence-corrected chi connectivity index (χ3v) is 7.65. The fourth-order valence-electron chi connectivity index (χ4n) is 4.43. The first-order valence-electron chi connectivity index (χ1n) is 12.4. The highest BCUT2D eigenvalue weighted by Gasteiger charge is 2.39. The van der Waals surface area contributed by atoms with Crippen molar-refractivity contribution in [3.05, 3.63) is 94.5 Å². The lowest BCUT2D eigenvalue weighted by Gasteiger charge is -2.23. The van der Waals surface area contributed by atoms with Crippen LogP contribution in [0.2, 0.25) is 5.02 Å². The third-order valence-electron chi connectivity index (χ3n) is 6.26. The second-order valence-corrected chi connectivity index (χ2v) is 10.7. The van der Waals surface area contributed by atoms with Crippen molar-refractivity contribution in [2.24, 2.45) is 10.1 Å². The minimum atomic E-state index is -0.611. The van der Waals surface area contributed by atoms with Crippen LogP contribution in [-0.4, -0.2) is 39.6 Å². The summed E-state index contributed by atoms with van der Waals surface area (Å²) in [6.45, 7) is 4.54. The van der Waals surface area contributed by atoms with E-state index in [0.29, 0.717) is 28.9 Å². The van der Waals surface area contributed by atoms with Crippen molar-refractivity contribution in [1.29, 1.82) is 0 Å². The molecule has 3 aromatic rings. The number of amidine groups is 1. The molecule has 3 aromatic carbocycles. The van der Waals surface area contributed by atoms with Crippen LogP contribution < -0.4 is 10.1 Å². The van der Waals surface area contributed by atoms with Crippen LogP contribution in [0.5, 0.6) is 5.75 Å². The highest BCUT2D eigenvalue weighted by Crippen LogP contribution is 2.39. The Kier molecular flexibility index (Phi) is 7.81. The minimum absolute atomic E-state index is 0.0143. The lowest BCUT2D eigenvalue weighted by Crippen LogP contribution is -2.25. The molecule has 0 bridgehead atoms. The highest BCUT2D eigenvalue weighted by molar-refractivity contribution is 8.15. The van der Waals surface area contributed by atoms with Gasteiger partial charge in [-0.05, 0) is 61.4 Å². The smallest absolute Gasteiger partial charge is 0.262 e. The Labute approximate surface area is 230 Å². The number of benzene rings is 3. The summed E-state index contributed by atoms with van der Waals surface area (Å²) >= 11 is 7.37. The van der Waals surface area contributed by atoms with Crippen LogP contribution in [0.15, 0.2) is 82.9 Å². The van der Waals surface area contributed by atoms with Gasteiger partial charge >= 0.3 is 0 Å². The summed E-state index contributed by atoms with van der Waals surface area (Å²) in [4.78, 5) is 29.9. The topological polar surface area (TPSA) is 83.4 Å². The second kappa shape index (κ2) is 11.4. The summed E-state index contributed by atoms with van der Waals surface area (Å²) in [5.41, 5.74) is 4.73. The number of nitrogens with zero attached hydrogens (tertiary/aromatic N) is 3. The van der Waals surface area contributed by atoms with E-state index in [-0.39, 0.29) is 24.3 Å². The van der Waals surface area contributed by atoms with Crippen molar-refractivity contribution < 1.29 is 14.3 Å². The number of amides is 2. The van der Waals surface area contributed by atoms with Crippen LogP contribution in [-0.2, 0) is 9.59 Å². The van der Waals surface area contributed by atoms with Crippen molar-refractivity contribution in [2.75, 3.05) is 11.9 Å². The molecule has 9 heteroatoms. The van der Waals surface area contributed by atoms with Crippen LogP contribution in [0.1, 0.15) is 42.5 Å². The molecule has 1 N–H and O–H groups in total. The average Bonchev–Trinajstić information content (AvgIpc) is 3.50. The average molecular weight is 547 g/mol. The van der Waals surface area contributed by atoms with E-state index in [1.165, 1.54) is 11.8 Å². The maximum absolute atomic E-state index is 12.8. The lowest BCUT2D eigenvalue weighted by atomic mass is 9.97. The highest BCUT2D eigenvalue weighted by atomic mass is 35.5. The van der Waals surface area contributed by atoms with Gasteiger partial charge in [-0.25, -0.2) is 5.01 Å². The summed E-state index contributed by atoms with van der Waals surface area (Å²) in [7, 11) is 0. The van der Waals surface area contributed by atoms with E-state index in [2.05, 4.69) is 22.4 Å². The van der Waals surface area contributed by atoms with E-state index in [9.17, 15) is 9.59 Å². The van der Waals surface area contributed by atoms with Gasteiger partial charge in [0.1, 0.15) is 11.0 Å². The van der Waals surface area contributed by atoms with E-state index in [1.54, 1.807) is 24.3 Å². The van der Waals surface area contributed by atoms with Gasteiger partial charge < -0.3 is 10.1 Å². The fourth-order valence-corrected chi connectivity index (χ4v) is 5.61. The predicted octanol–water partition coefficient (Wildman–Crippen LogP) is 6.23. The molecular formula is C29H27ClN4O3S. The third kappa shape index (κ3) is 5.92. The fraction of sp³-hybridized carbons (Fsp3) is 0.241. The van der Waals surface area contributed by atoms with Gasteiger partial charge in [-0.1, -0.05) is 65.3 Å². The zero-order chi connectivity index (χ0) is 26.6. The molecule has 0 aromatic heterocycles. The van der Waals surface area contributed by atoms with Crippen LogP contribution in [0, 0.1) is 6.92 Å². The largest absolute Gasteiger partial charge is 0.494 e. The number of aryl methyl sites for hydroxylation is 1. The number of hydrogen-bond donors (Lipinski definition) is 1. The lowest BCUT2D eigenvalue weighted by molar-refractivity contribution is -0.121. The Morgan fingerprint density at radius 1 is 1.13 bits per heavy atom. The van der Waals surface area contributed by atoms with Gasteiger partial charge in [0.15, 0.2) is 5.17 Å². The Morgan fingerprint density at radius 3 is 2.61 bits per heavy atom. The quantitative estimate of drug-likeness (QED) is 0.380. The van der Waals surface area contributed by atoms with Crippen molar-refractivity contribution in [1.82, 2.24) is 5.01 Å². The number of carbonyl (C=O) groups excluding carboxylic acids is 2. The van der Waals surface area contributed by atoms with E-state index < -0.39 is 5.25 Å². The molecule has 0 saturated heterocycles. The Balaban J connectivity index is 1.31. The summed E-state index contributed by atoms with van der Waals surface area (Å²) in [5.74, 6) is 0.154. The molecule has 2 atom stereocenters. The van der Waals surface area contributed by atoms with Gasteiger partial charge in [0.25, 0.3) is 5.91 Å². The number of aliphatic imine (C=N–C) groups is 1. The monoisotopic (exact) mass is 546 g/mol. The normalized spacial score (nSPS) is 18.8. The number of hydrazone groups is 1. The first kappa shape index (κ1) is 26.0. The van der Waals surface area contributed by atoms with Gasteiger partial charge in [-0.3, -0.25) is 9.59 Å². The van der Waals surface area contributed by atoms with Gasteiger partial charge in [-0.2, -0.15) is 10.1 Å². The maximum atomic E-state index is 12.8. The van der Waals surface area contributed by atoms with Crippen LogP contribution >= 0.6 is 23.4 Å². The molecule has 0 saturated carbocycles. The summed E-state index contributed by atoms with van der Waals surface area (Å²) in [6, 6.07) is 22.9. The molecule has 7 nitrogen and oxygen atoms in total. The number of halogens is 1. The molecule has 0 radical (unpaired) electrons. The second-order valence-electron chi connectivity index (χ2n) is 9.08. The summed E-state index contributed by atoms with van der Waals surface area (Å²) in [5, 5.41) is 10.1. The standard InChI is InChI=1S/C29H27ClN4O3S/c1-3-37-23-13-11-22(12-14-23)31-27(35)17-26-28(36)32-29(38-26)34-25(20-6-4-5-18(2)15-20)16-24(33-34)19-7-9-21(30)10-8-19/h4-15,25-26H,3,16-17H2,1-2H3,(H,31,35)/t25-,26-/m1/s1. The van der Waals surface area contributed by atoms with Crippen LogP contribution in [0.3, 0.4) is 0 Å². The number of ether oxygens (including phenoxy) is 1. The maximum Gasteiger partial charge on any atom is 0.262 e. The van der Waals surface area contributed by atoms with E-state index in [1.807, 2.05) is 55.3 Å². The number of anilines is 1. The van der Waals surface area contributed by atoms with E-state index in [0.717, 1.165) is 28.2 Å².